The lowest BCUT2D eigenvalue weighted by atomic mass is 10.1. The van der Waals surface area contributed by atoms with Gasteiger partial charge < -0.3 is 24.7 Å². The predicted octanol–water partition coefficient (Wildman–Crippen LogP) is 3.17. The average molecular weight is 687 g/mol. The number of hydrogen-bond donors (Lipinski definition) is 7. The van der Waals surface area contributed by atoms with Gasteiger partial charge in [0.15, 0.2) is 0 Å². The van der Waals surface area contributed by atoms with Crippen molar-refractivity contribution in [2.24, 2.45) is 10.2 Å². The van der Waals surface area contributed by atoms with Crippen LogP contribution in [0.4, 0.5) is 11.4 Å². The minimum Gasteiger partial charge on any atom is -0.506 e. The van der Waals surface area contributed by atoms with E-state index in [1.165, 1.54) is 54.6 Å². The van der Waals surface area contributed by atoms with Crippen molar-refractivity contribution in [1.29, 1.82) is 0 Å². The van der Waals surface area contributed by atoms with Gasteiger partial charge in [0.25, 0.3) is 0 Å². The maximum atomic E-state index is 12.5. The van der Waals surface area contributed by atoms with E-state index < -0.39 is 33.6 Å². The van der Waals surface area contributed by atoms with E-state index in [4.69, 9.17) is 19.6 Å². The van der Waals surface area contributed by atoms with Crippen molar-refractivity contribution in [3.63, 3.8) is 0 Å². The number of phenols is 1. The quantitative estimate of drug-likeness (QED) is 0.0732. The van der Waals surface area contributed by atoms with Crippen LogP contribution in [0.2, 0.25) is 0 Å². The molecule has 21 heteroatoms. The van der Waals surface area contributed by atoms with Gasteiger partial charge in [-0.1, -0.05) is 6.07 Å². The lowest BCUT2D eigenvalue weighted by Gasteiger charge is -2.09. The zero-order chi connectivity index (χ0) is 30.5. The van der Waals surface area contributed by atoms with E-state index in [0.717, 1.165) is 0 Å². The van der Waals surface area contributed by atoms with Crippen LogP contribution in [0.15, 0.2) is 74.6 Å². The first-order valence-electron chi connectivity index (χ1n) is 11.1. The molecule has 0 aliphatic carbocycles. The molecular formula is C20H24N4O11P2S4. The van der Waals surface area contributed by atoms with Gasteiger partial charge in [-0.25, -0.2) is 35.4 Å². The van der Waals surface area contributed by atoms with Crippen LogP contribution in [-0.4, -0.2) is 66.1 Å². The molecule has 0 radical (unpaired) electrons. The van der Waals surface area contributed by atoms with Crippen molar-refractivity contribution in [1.82, 2.24) is 9.44 Å². The summed E-state index contributed by atoms with van der Waals surface area (Å²) in [6.07, 6.45) is 0. The normalized spacial score (nSPS) is 13.3. The Bertz CT molecular complexity index is 1740. The molecule has 0 saturated carbocycles. The van der Waals surface area contributed by atoms with Crippen molar-refractivity contribution in [3.8, 4) is 5.75 Å². The van der Waals surface area contributed by atoms with Crippen LogP contribution in [0.1, 0.15) is 0 Å². The smallest absolute Gasteiger partial charge is 0.384 e. The fraction of sp³-hybridized carbons (Fsp3) is 0.200. The summed E-state index contributed by atoms with van der Waals surface area (Å²) >= 11 is 0.643. The molecule has 3 aromatic carbocycles. The standard InChI is InChI=1S/C20H24N4O11P2S4/c25-20-13-15-11-18(41(34,35)22-8-10-39-37(29,30)31)4-1-14(15)12-19(20)24-23-16-2-5-17(6-3-16)40(32,33)21-7-9-38-36(26,27)28/h1-6,11-13,21-22,25H,7-10H2,(H2,26,27,28)(H2,29,30,31). The first kappa shape index (κ1) is 33.6. The molecule has 3 aromatic rings. The number of nitrogens with zero attached hydrogens (tertiary/aromatic N) is 2. The number of benzene rings is 3. The van der Waals surface area contributed by atoms with Gasteiger partial charge in [0.2, 0.25) is 20.0 Å². The number of hydrogen-bond acceptors (Lipinski definition) is 11. The molecule has 224 valence electrons. The lowest BCUT2D eigenvalue weighted by Crippen LogP contribution is -2.26. The molecule has 3 rings (SSSR count). The van der Waals surface area contributed by atoms with Crippen LogP contribution in [0.3, 0.4) is 0 Å². The van der Waals surface area contributed by atoms with Gasteiger partial charge in [-0.3, -0.25) is 0 Å². The third-order valence-corrected chi connectivity index (χ3v) is 12.4. The summed E-state index contributed by atoms with van der Waals surface area (Å²) in [4.78, 5) is 35.1. The highest BCUT2D eigenvalue weighted by molar-refractivity contribution is 8.54. The minimum absolute atomic E-state index is 0.0571. The molecule has 0 fully saturated rings. The van der Waals surface area contributed by atoms with E-state index in [-0.39, 0.29) is 51.5 Å². The molecule has 0 aliphatic rings. The number of phenolic OH excluding ortho intramolecular Hbond substituents is 1. The predicted molar refractivity (Wildman–Crippen MR) is 156 cm³/mol. The molecule has 0 saturated heterocycles. The van der Waals surface area contributed by atoms with Gasteiger partial charge in [-0.05, 0) is 82.1 Å². The van der Waals surface area contributed by atoms with Crippen LogP contribution in [0, 0.1) is 0 Å². The summed E-state index contributed by atoms with van der Waals surface area (Å²) in [5.41, 5.74) is 0.312. The van der Waals surface area contributed by atoms with Crippen molar-refractivity contribution >= 4 is 78.6 Å². The number of azo groups is 1. The second-order valence-electron chi connectivity index (χ2n) is 7.99. The minimum atomic E-state index is -4.32. The summed E-state index contributed by atoms with van der Waals surface area (Å²) < 4.78 is 75.9. The third kappa shape index (κ3) is 10.7. The second-order valence-corrected chi connectivity index (χ2v) is 19.2. The Hall–Kier alpha value is -1.86. The topological polar surface area (TPSA) is 252 Å². The molecule has 0 bridgehead atoms. The SMILES string of the molecule is O=P(O)(O)SCCNS(=O)(=O)c1ccc(N=Nc2cc3ccc(S(=O)(=O)NCCSP(=O)(O)O)cc3cc2O)cc1. The number of fused-ring (bicyclic) bond motifs is 1. The van der Waals surface area contributed by atoms with E-state index in [9.17, 15) is 31.1 Å². The number of sulfonamides is 2. The molecule has 0 atom stereocenters. The Morgan fingerprint density at radius 3 is 1.73 bits per heavy atom. The van der Waals surface area contributed by atoms with Crippen molar-refractivity contribution in [2.45, 2.75) is 9.79 Å². The van der Waals surface area contributed by atoms with Crippen LogP contribution < -0.4 is 9.44 Å². The summed E-state index contributed by atoms with van der Waals surface area (Å²) in [5, 5.41) is 19.3. The molecule has 0 heterocycles. The fourth-order valence-electron chi connectivity index (χ4n) is 3.15. The van der Waals surface area contributed by atoms with Crippen molar-refractivity contribution in [3.05, 3.63) is 54.6 Å². The fourth-order valence-corrected chi connectivity index (χ4v) is 8.34. The largest absolute Gasteiger partial charge is 0.506 e. The molecular weight excluding hydrogens is 662 g/mol. The van der Waals surface area contributed by atoms with Gasteiger partial charge in [0.1, 0.15) is 11.4 Å². The zero-order valence-corrected chi connectivity index (χ0v) is 25.7. The third-order valence-electron chi connectivity index (χ3n) is 4.94. The molecule has 0 unspecified atom stereocenters. The number of nitrogens with one attached hydrogen (secondary N) is 2. The highest BCUT2D eigenvalue weighted by Crippen LogP contribution is 2.50. The van der Waals surface area contributed by atoms with E-state index in [2.05, 4.69) is 19.7 Å². The summed E-state index contributed by atoms with van der Waals surface area (Å²) in [6.45, 7) is -9.02. The van der Waals surface area contributed by atoms with Crippen LogP contribution in [0.5, 0.6) is 5.75 Å². The zero-order valence-electron chi connectivity index (χ0n) is 20.6. The Balaban J connectivity index is 1.68. The van der Waals surface area contributed by atoms with Crippen LogP contribution in [-0.2, 0) is 29.2 Å². The van der Waals surface area contributed by atoms with E-state index in [1.54, 1.807) is 0 Å². The van der Waals surface area contributed by atoms with E-state index in [1.807, 2.05) is 0 Å². The van der Waals surface area contributed by atoms with Crippen LogP contribution in [0.25, 0.3) is 10.8 Å². The van der Waals surface area contributed by atoms with Gasteiger partial charge in [0, 0.05) is 24.6 Å². The Morgan fingerprint density at radius 1 is 0.683 bits per heavy atom. The summed E-state index contributed by atoms with van der Waals surface area (Å²) in [5.74, 6) is -0.568. The van der Waals surface area contributed by atoms with E-state index in [0.29, 0.717) is 33.5 Å². The first-order chi connectivity index (χ1) is 19.0. The monoisotopic (exact) mass is 686 g/mol. The van der Waals surface area contributed by atoms with Gasteiger partial charge in [-0.15, -0.1) is 5.11 Å². The van der Waals surface area contributed by atoms with E-state index >= 15 is 0 Å². The van der Waals surface area contributed by atoms with Gasteiger partial charge in [-0.2, -0.15) is 5.11 Å². The van der Waals surface area contributed by atoms with Crippen molar-refractivity contribution < 1.29 is 50.6 Å². The highest BCUT2D eigenvalue weighted by Gasteiger charge is 2.18. The molecule has 15 nitrogen and oxygen atoms in total. The Kier molecular flexibility index (Phi) is 11.2. The molecule has 0 aliphatic heterocycles. The number of rotatable bonds is 14. The molecule has 0 aromatic heterocycles. The first-order valence-corrected chi connectivity index (χ1v) is 20.5. The summed E-state index contributed by atoms with van der Waals surface area (Å²) in [7, 11) is -7.91. The Labute approximate surface area is 242 Å². The Morgan fingerprint density at radius 2 is 1.20 bits per heavy atom. The summed E-state index contributed by atoms with van der Waals surface area (Å²) in [6, 6.07) is 12.1. The molecule has 0 amide bonds. The molecule has 41 heavy (non-hydrogen) atoms. The van der Waals surface area contributed by atoms with Crippen molar-refractivity contribution in [2.75, 3.05) is 24.6 Å². The maximum Gasteiger partial charge on any atom is 0.384 e. The molecule has 0 spiro atoms. The van der Waals surface area contributed by atoms with Gasteiger partial charge in [0.05, 0.1) is 15.5 Å². The highest BCUT2D eigenvalue weighted by atomic mass is 32.7. The number of aromatic hydroxyl groups is 1. The average Bonchev–Trinajstić information content (AvgIpc) is 2.87. The molecule has 7 N–H and O–H groups in total. The second kappa shape index (κ2) is 13.6. The van der Waals surface area contributed by atoms with Crippen LogP contribution >= 0.6 is 36.4 Å². The lowest BCUT2D eigenvalue weighted by molar-refractivity contribution is 0.395. The van der Waals surface area contributed by atoms with Gasteiger partial charge >= 0.3 is 13.6 Å². The maximum absolute atomic E-state index is 12.5.